The molecule has 0 unspecified atom stereocenters. The SMILES string of the molecule is CC[C@H](NC(=O)OC)C(=O)N1CCC[C@H]1c1nc2cc(C#Cc3ccc4[nH]c([C@@H]5CCCN5C(=O)[C@H](CC)NC(=O)OC)nc4c3)ccc2[nH]1. The number of alkyl carbamates (subject to hydrolysis) is 2. The van der Waals surface area contributed by atoms with E-state index in [1.807, 2.05) is 50.2 Å². The zero-order valence-electron chi connectivity index (χ0n) is 28.7. The molecule has 0 radical (unpaired) electrons. The highest BCUT2D eigenvalue weighted by Crippen LogP contribution is 2.34. The number of carbonyl (C=O) groups excluding carboxylic acids is 4. The molecule has 4 heterocycles. The van der Waals surface area contributed by atoms with Crippen LogP contribution >= 0.6 is 0 Å². The Morgan fingerprint density at radius 2 is 1.18 bits per heavy atom. The van der Waals surface area contributed by atoms with Crippen molar-refractivity contribution in [2.24, 2.45) is 0 Å². The molecule has 2 aliphatic rings. The maximum Gasteiger partial charge on any atom is 0.407 e. The molecule has 14 nitrogen and oxygen atoms in total. The highest BCUT2D eigenvalue weighted by Gasteiger charge is 2.37. The van der Waals surface area contributed by atoms with Gasteiger partial charge < -0.3 is 39.9 Å². The number of methoxy groups -OCH3 is 2. The number of aromatic amines is 2. The number of H-pyrrole nitrogens is 2. The molecule has 2 aliphatic heterocycles. The van der Waals surface area contributed by atoms with E-state index < -0.39 is 24.3 Å². The third kappa shape index (κ3) is 7.08. The number of hydrogen-bond acceptors (Lipinski definition) is 8. The van der Waals surface area contributed by atoms with Crippen LogP contribution in [0.15, 0.2) is 36.4 Å². The fourth-order valence-corrected chi connectivity index (χ4v) is 6.78. The zero-order valence-corrected chi connectivity index (χ0v) is 28.7. The summed E-state index contributed by atoms with van der Waals surface area (Å²) in [7, 11) is 2.56. The maximum atomic E-state index is 13.3. The number of fused-ring (bicyclic) bond motifs is 2. The molecule has 0 aliphatic carbocycles. The van der Waals surface area contributed by atoms with Gasteiger partial charge in [0.1, 0.15) is 23.7 Å². The fraction of sp³-hybridized carbons (Fsp3) is 0.444. The monoisotopic (exact) mass is 682 g/mol. The third-order valence-corrected chi connectivity index (χ3v) is 9.42. The molecule has 2 aromatic carbocycles. The van der Waals surface area contributed by atoms with E-state index in [1.54, 1.807) is 9.80 Å². The molecule has 6 rings (SSSR count). The Morgan fingerprint density at radius 3 is 1.56 bits per heavy atom. The van der Waals surface area contributed by atoms with Gasteiger partial charge in [-0.25, -0.2) is 19.6 Å². The van der Waals surface area contributed by atoms with Gasteiger partial charge in [-0.1, -0.05) is 25.7 Å². The number of benzene rings is 2. The number of nitrogens with one attached hydrogen (secondary N) is 4. The van der Waals surface area contributed by atoms with Crippen molar-refractivity contribution in [3.8, 4) is 11.8 Å². The summed E-state index contributed by atoms with van der Waals surface area (Å²) >= 11 is 0. The number of carbonyl (C=O) groups is 4. The van der Waals surface area contributed by atoms with Crippen molar-refractivity contribution < 1.29 is 28.7 Å². The quantitative estimate of drug-likeness (QED) is 0.197. The molecule has 2 fully saturated rings. The molecule has 4 N–H and O–H groups in total. The lowest BCUT2D eigenvalue weighted by molar-refractivity contribution is -0.135. The molecule has 4 aromatic rings. The third-order valence-electron chi connectivity index (χ3n) is 9.42. The van der Waals surface area contributed by atoms with Crippen LogP contribution in [0.3, 0.4) is 0 Å². The Labute approximate surface area is 289 Å². The summed E-state index contributed by atoms with van der Waals surface area (Å²) in [5.41, 5.74) is 4.78. The zero-order chi connectivity index (χ0) is 35.4. The predicted octanol–water partition coefficient (Wildman–Crippen LogP) is 4.44. The molecule has 0 bridgehead atoms. The Kier molecular flexibility index (Phi) is 10.2. The standard InChI is InChI=1S/C36H42N8O6/c1-5-23(41-35(47)49-3)33(45)43-17-7-9-29(43)31-37-25-15-13-21(19-27(25)39-31)11-12-22-14-16-26-28(20-22)40-32(38-26)30-10-8-18-44(30)34(46)24(6-2)42-36(48)50-4/h13-16,19-20,23-24,29-30H,5-10,17-18H2,1-4H3,(H,37,39)(H,38,40)(H,41,47)(H,42,48)/t23-,24-,29-,30-/m0/s1. The van der Waals surface area contributed by atoms with Crippen molar-refractivity contribution in [3.05, 3.63) is 59.2 Å². The van der Waals surface area contributed by atoms with Gasteiger partial charge in [-0.3, -0.25) is 9.59 Å². The van der Waals surface area contributed by atoms with Gasteiger partial charge in [0.2, 0.25) is 11.8 Å². The maximum absolute atomic E-state index is 13.3. The van der Waals surface area contributed by atoms with Crippen LogP contribution in [0.2, 0.25) is 0 Å². The first kappa shape index (κ1) is 34.3. The Hall–Kier alpha value is -5.58. The van der Waals surface area contributed by atoms with Crippen molar-refractivity contribution >= 4 is 46.1 Å². The first-order chi connectivity index (χ1) is 24.2. The van der Waals surface area contributed by atoms with Gasteiger partial charge in [-0.2, -0.15) is 0 Å². The van der Waals surface area contributed by atoms with Gasteiger partial charge in [-0.05, 0) is 74.9 Å². The second kappa shape index (κ2) is 14.9. The first-order valence-electron chi connectivity index (χ1n) is 17.0. The van der Waals surface area contributed by atoms with Crippen LogP contribution in [-0.2, 0) is 19.1 Å². The van der Waals surface area contributed by atoms with Crippen molar-refractivity contribution in [1.82, 2.24) is 40.4 Å². The van der Waals surface area contributed by atoms with Gasteiger partial charge in [-0.15, -0.1) is 0 Å². The Balaban J connectivity index is 1.17. The highest BCUT2D eigenvalue weighted by molar-refractivity contribution is 5.87. The van der Waals surface area contributed by atoms with E-state index in [9.17, 15) is 19.2 Å². The van der Waals surface area contributed by atoms with Crippen molar-refractivity contribution in [1.29, 1.82) is 0 Å². The van der Waals surface area contributed by atoms with E-state index in [4.69, 9.17) is 19.4 Å². The van der Waals surface area contributed by atoms with Crippen LogP contribution in [0.4, 0.5) is 9.59 Å². The molecule has 14 heteroatoms. The molecule has 2 aromatic heterocycles. The second-order valence-electron chi connectivity index (χ2n) is 12.5. The Morgan fingerprint density at radius 1 is 0.760 bits per heavy atom. The van der Waals surface area contributed by atoms with Gasteiger partial charge in [0.05, 0.1) is 48.4 Å². The molecular weight excluding hydrogens is 640 g/mol. The summed E-state index contributed by atoms with van der Waals surface area (Å²) in [4.78, 5) is 70.2. The van der Waals surface area contributed by atoms with Gasteiger partial charge in [0.25, 0.3) is 0 Å². The van der Waals surface area contributed by atoms with Gasteiger partial charge in [0, 0.05) is 24.2 Å². The van der Waals surface area contributed by atoms with E-state index in [0.29, 0.717) is 37.6 Å². The normalized spacial score (nSPS) is 18.4. The predicted molar refractivity (Wildman–Crippen MR) is 185 cm³/mol. The number of likely N-dealkylation sites (tertiary alicyclic amines) is 2. The lowest BCUT2D eigenvalue weighted by atomic mass is 10.1. The van der Waals surface area contributed by atoms with Crippen LogP contribution < -0.4 is 10.6 Å². The van der Waals surface area contributed by atoms with Crippen molar-refractivity contribution in [3.63, 3.8) is 0 Å². The van der Waals surface area contributed by atoms with Crippen molar-refractivity contribution in [2.75, 3.05) is 27.3 Å². The summed E-state index contributed by atoms with van der Waals surface area (Å²) < 4.78 is 9.40. The minimum atomic E-state index is -0.668. The van der Waals surface area contributed by atoms with Crippen LogP contribution in [0.1, 0.15) is 87.2 Å². The molecule has 262 valence electrons. The fourth-order valence-electron chi connectivity index (χ4n) is 6.78. The average molecular weight is 683 g/mol. The molecule has 4 amide bonds. The summed E-state index contributed by atoms with van der Waals surface area (Å²) in [6.45, 7) is 4.87. The lowest BCUT2D eigenvalue weighted by Gasteiger charge is -2.27. The number of imidazole rings is 2. The lowest BCUT2D eigenvalue weighted by Crippen LogP contribution is -2.48. The molecular formula is C36H42N8O6. The second-order valence-corrected chi connectivity index (χ2v) is 12.5. The average Bonchev–Trinajstić information content (AvgIpc) is 3.95. The molecule has 0 saturated carbocycles. The number of nitrogens with zero attached hydrogens (tertiary/aromatic N) is 4. The molecule has 4 atom stereocenters. The van der Waals surface area contributed by atoms with Crippen LogP contribution in [-0.4, -0.2) is 93.1 Å². The summed E-state index contributed by atoms with van der Waals surface area (Å²) in [5.74, 6) is 7.58. The van der Waals surface area contributed by atoms with Crippen LogP contribution in [0.5, 0.6) is 0 Å². The first-order valence-corrected chi connectivity index (χ1v) is 17.0. The number of rotatable bonds is 8. The minimum Gasteiger partial charge on any atom is -0.453 e. The van der Waals surface area contributed by atoms with Crippen LogP contribution in [0.25, 0.3) is 22.1 Å². The summed E-state index contributed by atoms with van der Waals surface area (Å²) in [6, 6.07) is 9.80. The van der Waals surface area contributed by atoms with Crippen LogP contribution in [0, 0.1) is 11.8 Å². The number of aromatic nitrogens is 4. The number of hydrogen-bond donors (Lipinski definition) is 4. The van der Waals surface area contributed by atoms with E-state index in [-0.39, 0.29) is 23.9 Å². The van der Waals surface area contributed by atoms with E-state index >= 15 is 0 Å². The molecule has 2 saturated heterocycles. The molecule has 0 spiro atoms. The van der Waals surface area contributed by atoms with E-state index in [2.05, 4.69) is 32.4 Å². The topological polar surface area (TPSA) is 175 Å². The van der Waals surface area contributed by atoms with Gasteiger partial charge in [0.15, 0.2) is 0 Å². The Bertz CT molecular complexity index is 1840. The minimum absolute atomic E-state index is 0.152. The van der Waals surface area contributed by atoms with E-state index in [1.165, 1.54) is 14.2 Å². The highest BCUT2D eigenvalue weighted by atomic mass is 16.5. The smallest absolute Gasteiger partial charge is 0.407 e. The summed E-state index contributed by atoms with van der Waals surface area (Å²) in [6.07, 6.45) is 2.85. The number of ether oxygens (including phenoxy) is 2. The van der Waals surface area contributed by atoms with E-state index in [0.717, 1.165) is 58.9 Å². The number of amides is 4. The van der Waals surface area contributed by atoms with Gasteiger partial charge >= 0.3 is 12.2 Å². The van der Waals surface area contributed by atoms with Crippen molar-refractivity contribution in [2.45, 2.75) is 76.5 Å². The molecule has 50 heavy (non-hydrogen) atoms. The summed E-state index contributed by atoms with van der Waals surface area (Å²) in [5, 5.41) is 5.27. The largest absolute Gasteiger partial charge is 0.453 e.